The number of ether oxygens (including phenoxy) is 1. The monoisotopic (exact) mass is 343 g/mol. The highest BCUT2D eigenvalue weighted by atomic mass is 16.6. The van der Waals surface area contributed by atoms with E-state index < -0.39 is 10.8 Å². The number of hydrogen-bond acceptors (Lipinski definition) is 6. The molecular weight excluding hydrogens is 326 g/mol. The summed E-state index contributed by atoms with van der Waals surface area (Å²) in [5.41, 5.74) is 1.02. The van der Waals surface area contributed by atoms with Crippen molar-refractivity contribution >= 4 is 17.3 Å². The van der Waals surface area contributed by atoms with Crippen molar-refractivity contribution in [1.82, 2.24) is 5.32 Å². The van der Waals surface area contributed by atoms with Gasteiger partial charge in [0.05, 0.1) is 10.5 Å². The Kier molecular flexibility index (Phi) is 5.67. The van der Waals surface area contributed by atoms with Crippen LogP contribution in [0.1, 0.15) is 11.1 Å². The van der Waals surface area contributed by atoms with Crippen molar-refractivity contribution in [2.75, 3.05) is 14.2 Å². The molecule has 2 aromatic rings. The van der Waals surface area contributed by atoms with Gasteiger partial charge in [0.15, 0.2) is 5.71 Å². The van der Waals surface area contributed by atoms with Gasteiger partial charge < -0.3 is 14.9 Å². The zero-order chi connectivity index (χ0) is 18.4. The summed E-state index contributed by atoms with van der Waals surface area (Å²) >= 11 is 0. The number of para-hydroxylation sites is 2. The summed E-state index contributed by atoms with van der Waals surface area (Å²) in [5.74, 6) is -0.153. The van der Waals surface area contributed by atoms with Crippen molar-refractivity contribution in [1.29, 1.82) is 0 Å². The lowest BCUT2D eigenvalue weighted by molar-refractivity contribution is -0.385. The van der Waals surface area contributed by atoms with Gasteiger partial charge in [0.25, 0.3) is 5.91 Å². The average molecular weight is 343 g/mol. The highest BCUT2D eigenvalue weighted by molar-refractivity contribution is 6.45. The van der Waals surface area contributed by atoms with Crippen LogP contribution < -0.4 is 10.1 Å². The van der Waals surface area contributed by atoms with Crippen molar-refractivity contribution in [3.8, 4) is 11.5 Å². The molecule has 0 unspecified atom stereocenters. The molecule has 0 atom stereocenters. The van der Waals surface area contributed by atoms with Crippen molar-refractivity contribution in [2.45, 2.75) is 6.92 Å². The fourth-order valence-electron chi connectivity index (χ4n) is 2.15. The quantitative estimate of drug-likeness (QED) is 0.493. The maximum atomic E-state index is 12.1. The normalized spacial score (nSPS) is 10.9. The van der Waals surface area contributed by atoms with E-state index in [4.69, 9.17) is 9.57 Å². The Morgan fingerprint density at radius 3 is 2.56 bits per heavy atom. The first-order chi connectivity index (χ1) is 12.0. The first-order valence-electron chi connectivity index (χ1n) is 7.33. The van der Waals surface area contributed by atoms with E-state index in [1.807, 2.05) is 6.92 Å². The van der Waals surface area contributed by atoms with E-state index >= 15 is 0 Å². The second-order valence-corrected chi connectivity index (χ2v) is 5.03. The van der Waals surface area contributed by atoms with Crippen LogP contribution in [0.4, 0.5) is 5.69 Å². The van der Waals surface area contributed by atoms with E-state index in [1.54, 1.807) is 30.3 Å². The average Bonchev–Trinajstić information content (AvgIpc) is 2.60. The topological polar surface area (TPSA) is 103 Å². The molecule has 0 spiro atoms. The van der Waals surface area contributed by atoms with E-state index in [0.29, 0.717) is 5.56 Å². The number of carbonyl (C=O) groups is 1. The zero-order valence-corrected chi connectivity index (χ0v) is 14.0. The lowest BCUT2D eigenvalue weighted by Gasteiger charge is -2.13. The Morgan fingerprint density at radius 2 is 1.92 bits per heavy atom. The molecule has 0 heterocycles. The molecule has 25 heavy (non-hydrogen) atoms. The van der Waals surface area contributed by atoms with Gasteiger partial charge in [0.2, 0.25) is 5.75 Å². The molecule has 2 aromatic carbocycles. The Morgan fingerprint density at radius 1 is 1.20 bits per heavy atom. The minimum atomic E-state index is -0.534. The van der Waals surface area contributed by atoms with Gasteiger partial charge >= 0.3 is 5.69 Å². The number of aryl methyl sites for hydroxylation is 1. The molecular formula is C17H17N3O5. The van der Waals surface area contributed by atoms with Crippen molar-refractivity contribution in [3.05, 3.63) is 63.7 Å². The number of nitro benzene ring substituents is 1. The van der Waals surface area contributed by atoms with Gasteiger partial charge in [-0.05, 0) is 30.7 Å². The minimum absolute atomic E-state index is 0.00131. The molecule has 0 aromatic heterocycles. The van der Waals surface area contributed by atoms with Gasteiger partial charge in [-0.2, -0.15) is 0 Å². The fraction of sp³-hybridized carbons (Fsp3) is 0.176. The minimum Gasteiger partial charge on any atom is -0.449 e. The molecule has 0 aliphatic rings. The maximum Gasteiger partial charge on any atom is 0.311 e. The van der Waals surface area contributed by atoms with Gasteiger partial charge in [-0.3, -0.25) is 14.9 Å². The van der Waals surface area contributed by atoms with E-state index in [1.165, 1.54) is 26.3 Å². The Bertz CT molecular complexity index is 833. The second-order valence-electron chi connectivity index (χ2n) is 5.03. The molecule has 8 heteroatoms. The zero-order valence-electron chi connectivity index (χ0n) is 14.0. The standard InChI is InChI=1S/C17H17N3O5/c1-11-8-9-12(16(19-24-3)17(21)18-2)15(10-11)25-14-7-5-4-6-13(14)20(22)23/h4-10H,1-3H3,(H,18,21). The summed E-state index contributed by atoms with van der Waals surface area (Å²) < 4.78 is 5.75. The van der Waals surface area contributed by atoms with E-state index in [2.05, 4.69) is 10.5 Å². The fourth-order valence-corrected chi connectivity index (χ4v) is 2.15. The number of carbonyl (C=O) groups excluding carboxylic acids is 1. The Hall–Kier alpha value is -3.42. The summed E-state index contributed by atoms with van der Waals surface area (Å²) in [6.07, 6.45) is 0. The van der Waals surface area contributed by atoms with Crippen LogP contribution >= 0.6 is 0 Å². The molecule has 0 aliphatic heterocycles. The molecule has 130 valence electrons. The third kappa shape index (κ3) is 4.11. The van der Waals surface area contributed by atoms with Crippen LogP contribution in [0.2, 0.25) is 0 Å². The molecule has 1 amide bonds. The molecule has 0 bridgehead atoms. The summed E-state index contributed by atoms with van der Waals surface area (Å²) in [5, 5.41) is 17.4. The van der Waals surface area contributed by atoms with Gasteiger partial charge in [-0.25, -0.2) is 0 Å². The number of nitrogens with zero attached hydrogens (tertiary/aromatic N) is 2. The molecule has 0 saturated carbocycles. The van der Waals surface area contributed by atoms with E-state index in [0.717, 1.165) is 5.56 Å². The van der Waals surface area contributed by atoms with Crippen LogP contribution in [0.15, 0.2) is 47.6 Å². The highest BCUT2D eigenvalue weighted by Crippen LogP contribution is 2.33. The maximum absolute atomic E-state index is 12.1. The van der Waals surface area contributed by atoms with Crippen molar-refractivity contribution in [2.24, 2.45) is 5.16 Å². The van der Waals surface area contributed by atoms with Gasteiger partial charge in [0.1, 0.15) is 12.9 Å². The molecule has 1 N–H and O–H groups in total. The van der Waals surface area contributed by atoms with Crippen LogP contribution in [-0.2, 0) is 9.63 Å². The van der Waals surface area contributed by atoms with E-state index in [9.17, 15) is 14.9 Å². The summed E-state index contributed by atoms with van der Waals surface area (Å²) in [7, 11) is 2.78. The summed E-state index contributed by atoms with van der Waals surface area (Å²) in [6.45, 7) is 1.84. The van der Waals surface area contributed by atoms with Crippen LogP contribution in [0.25, 0.3) is 0 Å². The highest BCUT2D eigenvalue weighted by Gasteiger charge is 2.21. The second kappa shape index (κ2) is 7.91. The summed E-state index contributed by atoms with van der Waals surface area (Å²) in [6, 6.07) is 11.1. The van der Waals surface area contributed by atoms with E-state index in [-0.39, 0.29) is 22.9 Å². The predicted molar refractivity (Wildman–Crippen MR) is 92.0 cm³/mol. The molecule has 0 radical (unpaired) electrons. The molecule has 0 saturated heterocycles. The predicted octanol–water partition coefficient (Wildman–Crippen LogP) is 2.79. The third-order valence-corrected chi connectivity index (χ3v) is 3.30. The molecule has 2 rings (SSSR count). The first kappa shape index (κ1) is 17.9. The van der Waals surface area contributed by atoms with Crippen LogP contribution in [0.5, 0.6) is 11.5 Å². The number of nitrogens with one attached hydrogen (secondary N) is 1. The third-order valence-electron chi connectivity index (χ3n) is 3.30. The lowest BCUT2D eigenvalue weighted by Crippen LogP contribution is -2.28. The van der Waals surface area contributed by atoms with Gasteiger partial charge in [-0.15, -0.1) is 0 Å². The smallest absolute Gasteiger partial charge is 0.311 e. The SMILES string of the molecule is CNC(=O)C(=NOC)c1ccc(C)cc1Oc1ccccc1[N+](=O)[O-]. The Balaban J connectivity index is 2.55. The number of rotatable bonds is 6. The lowest BCUT2D eigenvalue weighted by atomic mass is 10.1. The van der Waals surface area contributed by atoms with Crippen LogP contribution in [0, 0.1) is 17.0 Å². The molecule has 8 nitrogen and oxygen atoms in total. The Labute approximate surface area is 144 Å². The number of amides is 1. The largest absolute Gasteiger partial charge is 0.449 e. The number of oxime groups is 1. The van der Waals surface area contributed by atoms with Crippen molar-refractivity contribution in [3.63, 3.8) is 0 Å². The van der Waals surface area contributed by atoms with Crippen molar-refractivity contribution < 1.29 is 19.3 Å². The van der Waals surface area contributed by atoms with Crippen LogP contribution in [0.3, 0.4) is 0 Å². The number of hydrogen-bond donors (Lipinski definition) is 1. The first-order valence-corrected chi connectivity index (χ1v) is 7.33. The van der Waals surface area contributed by atoms with Crippen LogP contribution in [-0.4, -0.2) is 30.7 Å². The molecule has 0 aliphatic carbocycles. The van der Waals surface area contributed by atoms with Gasteiger partial charge in [-0.1, -0.05) is 23.4 Å². The molecule has 0 fully saturated rings. The number of likely N-dealkylation sites (N-methyl/N-ethyl adjacent to an activating group) is 1. The summed E-state index contributed by atoms with van der Waals surface area (Å²) in [4.78, 5) is 27.5. The number of benzene rings is 2. The van der Waals surface area contributed by atoms with Gasteiger partial charge in [0, 0.05) is 13.1 Å². The number of nitro groups is 1.